The van der Waals surface area contributed by atoms with Crippen molar-refractivity contribution < 1.29 is 8.42 Å². The average Bonchev–Trinajstić information content (AvgIpc) is 2.50. The molecular formula is C17H16Cl2O2S. The van der Waals surface area contributed by atoms with E-state index in [0.717, 1.165) is 24.0 Å². The van der Waals surface area contributed by atoms with Crippen LogP contribution in [-0.4, -0.2) is 8.42 Å². The fourth-order valence-corrected chi connectivity index (χ4v) is 5.80. The highest BCUT2D eigenvalue weighted by Crippen LogP contribution is 2.38. The molecule has 116 valence electrons. The molecule has 0 fully saturated rings. The lowest BCUT2D eigenvalue weighted by Gasteiger charge is -2.25. The Bertz CT molecular complexity index is 780. The van der Waals surface area contributed by atoms with Gasteiger partial charge in [0.1, 0.15) is 0 Å². The van der Waals surface area contributed by atoms with Crippen LogP contribution in [0.1, 0.15) is 34.8 Å². The fourth-order valence-electron chi connectivity index (χ4n) is 3.05. The molecule has 0 saturated carbocycles. The smallest absolute Gasteiger partial charge is 0.161 e. The van der Waals surface area contributed by atoms with Crippen molar-refractivity contribution in [2.45, 2.75) is 30.3 Å². The van der Waals surface area contributed by atoms with Gasteiger partial charge in [0.05, 0.1) is 11.0 Å². The van der Waals surface area contributed by atoms with Crippen LogP contribution in [0.15, 0.2) is 42.5 Å². The normalized spacial score (nSPS) is 18.0. The first kappa shape index (κ1) is 15.9. The first-order valence-corrected chi connectivity index (χ1v) is 9.68. The van der Waals surface area contributed by atoms with Crippen LogP contribution in [0, 0.1) is 0 Å². The SMILES string of the molecule is O=S(=O)(Cc1c(Cl)cccc1Cl)[C@@H]1CCCc2ccccc21. The van der Waals surface area contributed by atoms with E-state index >= 15 is 0 Å². The highest BCUT2D eigenvalue weighted by Gasteiger charge is 2.32. The Balaban J connectivity index is 1.98. The lowest BCUT2D eigenvalue weighted by atomic mass is 9.91. The second-order valence-corrected chi connectivity index (χ2v) is 8.58. The Hall–Kier alpha value is -1.03. The molecule has 1 aliphatic carbocycles. The maximum atomic E-state index is 12.9. The number of hydrogen-bond donors (Lipinski definition) is 0. The van der Waals surface area contributed by atoms with E-state index < -0.39 is 15.1 Å². The van der Waals surface area contributed by atoms with E-state index in [1.54, 1.807) is 18.2 Å². The molecular weight excluding hydrogens is 339 g/mol. The maximum absolute atomic E-state index is 12.9. The zero-order chi connectivity index (χ0) is 15.7. The Morgan fingerprint density at radius 2 is 1.68 bits per heavy atom. The van der Waals surface area contributed by atoms with Crippen LogP contribution in [0.25, 0.3) is 0 Å². The molecule has 2 aromatic rings. The first-order chi connectivity index (χ1) is 10.5. The summed E-state index contributed by atoms with van der Waals surface area (Å²) in [5.41, 5.74) is 2.55. The second-order valence-electron chi connectivity index (χ2n) is 5.59. The number of rotatable bonds is 3. The molecule has 2 aromatic carbocycles. The molecule has 0 saturated heterocycles. The standard InChI is InChI=1S/C17H16Cl2O2S/c18-15-8-4-9-16(19)14(15)11-22(20,21)17-10-3-6-12-5-1-2-7-13(12)17/h1-2,4-5,7-9,17H,3,6,10-11H2/t17-/m1/s1. The van der Waals surface area contributed by atoms with E-state index in [1.807, 2.05) is 24.3 Å². The molecule has 0 bridgehead atoms. The Morgan fingerprint density at radius 1 is 1.00 bits per heavy atom. The number of halogens is 2. The van der Waals surface area contributed by atoms with Gasteiger partial charge in [-0.3, -0.25) is 0 Å². The van der Waals surface area contributed by atoms with Crippen LogP contribution in [0.4, 0.5) is 0 Å². The van der Waals surface area contributed by atoms with Crippen molar-refractivity contribution in [1.29, 1.82) is 0 Å². The van der Waals surface area contributed by atoms with Gasteiger partial charge in [-0.1, -0.05) is 53.5 Å². The van der Waals surface area contributed by atoms with Crippen molar-refractivity contribution in [1.82, 2.24) is 0 Å². The van der Waals surface area contributed by atoms with E-state index in [0.29, 0.717) is 22.0 Å². The monoisotopic (exact) mass is 354 g/mol. The lowest BCUT2D eigenvalue weighted by Crippen LogP contribution is -2.20. The largest absolute Gasteiger partial charge is 0.228 e. The molecule has 1 atom stereocenters. The molecule has 5 heteroatoms. The van der Waals surface area contributed by atoms with Gasteiger partial charge in [-0.05, 0) is 42.5 Å². The van der Waals surface area contributed by atoms with Gasteiger partial charge in [0, 0.05) is 15.6 Å². The topological polar surface area (TPSA) is 34.1 Å². The quantitative estimate of drug-likeness (QED) is 0.778. The van der Waals surface area contributed by atoms with Gasteiger partial charge >= 0.3 is 0 Å². The van der Waals surface area contributed by atoms with Crippen LogP contribution in [-0.2, 0) is 22.0 Å². The van der Waals surface area contributed by atoms with Crippen molar-refractivity contribution in [2.75, 3.05) is 0 Å². The van der Waals surface area contributed by atoms with Gasteiger partial charge in [-0.25, -0.2) is 8.42 Å². The summed E-state index contributed by atoms with van der Waals surface area (Å²) in [6.45, 7) is 0. The van der Waals surface area contributed by atoms with Crippen molar-refractivity contribution in [2.24, 2.45) is 0 Å². The fraction of sp³-hybridized carbons (Fsp3) is 0.294. The summed E-state index contributed by atoms with van der Waals surface area (Å²) >= 11 is 12.3. The van der Waals surface area contributed by atoms with Crippen molar-refractivity contribution in [3.8, 4) is 0 Å². The van der Waals surface area contributed by atoms with Gasteiger partial charge in [0.15, 0.2) is 9.84 Å². The summed E-state index contributed by atoms with van der Waals surface area (Å²) in [5.74, 6) is -0.121. The first-order valence-electron chi connectivity index (χ1n) is 7.21. The van der Waals surface area contributed by atoms with Gasteiger partial charge < -0.3 is 0 Å². The van der Waals surface area contributed by atoms with Crippen molar-refractivity contribution in [3.63, 3.8) is 0 Å². The summed E-state index contributed by atoms with van der Waals surface area (Å²) in [4.78, 5) is 0. The molecule has 0 aliphatic heterocycles. The zero-order valence-electron chi connectivity index (χ0n) is 11.9. The van der Waals surface area contributed by atoms with E-state index in [-0.39, 0.29) is 5.75 Å². The van der Waals surface area contributed by atoms with E-state index in [4.69, 9.17) is 23.2 Å². The molecule has 0 aromatic heterocycles. The highest BCUT2D eigenvalue weighted by molar-refractivity contribution is 7.90. The molecule has 0 radical (unpaired) electrons. The number of aryl methyl sites for hydroxylation is 1. The minimum absolute atomic E-state index is 0.121. The maximum Gasteiger partial charge on any atom is 0.161 e. The second kappa shape index (κ2) is 6.23. The van der Waals surface area contributed by atoms with Gasteiger partial charge in [0.2, 0.25) is 0 Å². The van der Waals surface area contributed by atoms with Crippen LogP contribution < -0.4 is 0 Å². The number of sulfone groups is 1. The third kappa shape index (κ3) is 3.03. The number of hydrogen-bond acceptors (Lipinski definition) is 2. The van der Waals surface area contributed by atoms with Gasteiger partial charge in [-0.15, -0.1) is 0 Å². The Kier molecular flexibility index (Phi) is 4.49. The third-order valence-corrected chi connectivity index (χ3v) is 6.91. The summed E-state index contributed by atoms with van der Waals surface area (Å²) in [5, 5.41) is 0.338. The molecule has 0 unspecified atom stereocenters. The predicted octanol–water partition coefficient (Wildman–Crippen LogP) is 4.99. The van der Waals surface area contributed by atoms with Gasteiger partial charge in [-0.2, -0.15) is 0 Å². The third-order valence-electron chi connectivity index (χ3n) is 4.16. The summed E-state index contributed by atoms with van der Waals surface area (Å²) < 4.78 is 25.8. The van der Waals surface area contributed by atoms with Crippen LogP contribution in [0.3, 0.4) is 0 Å². The van der Waals surface area contributed by atoms with E-state index in [1.165, 1.54) is 0 Å². The van der Waals surface area contributed by atoms with Crippen LogP contribution in [0.2, 0.25) is 10.0 Å². The number of fused-ring (bicyclic) bond motifs is 1. The van der Waals surface area contributed by atoms with Gasteiger partial charge in [0.25, 0.3) is 0 Å². The molecule has 0 heterocycles. The molecule has 0 N–H and O–H groups in total. The minimum atomic E-state index is -3.36. The van der Waals surface area contributed by atoms with E-state index in [9.17, 15) is 8.42 Å². The molecule has 1 aliphatic rings. The summed E-state index contributed by atoms with van der Waals surface area (Å²) in [7, 11) is -3.36. The molecule has 2 nitrogen and oxygen atoms in total. The Morgan fingerprint density at radius 3 is 2.41 bits per heavy atom. The zero-order valence-corrected chi connectivity index (χ0v) is 14.3. The lowest BCUT2D eigenvalue weighted by molar-refractivity contribution is 0.559. The number of benzene rings is 2. The molecule has 0 spiro atoms. The Labute approximate surface area is 141 Å². The average molecular weight is 355 g/mol. The summed E-state index contributed by atoms with van der Waals surface area (Å²) in [6.07, 6.45) is 2.48. The van der Waals surface area contributed by atoms with Crippen molar-refractivity contribution in [3.05, 3.63) is 69.2 Å². The summed E-state index contributed by atoms with van der Waals surface area (Å²) in [6, 6.07) is 12.9. The van der Waals surface area contributed by atoms with E-state index in [2.05, 4.69) is 0 Å². The minimum Gasteiger partial charge on any atom is -0.228 e. The molecule has 3 rings (SSSR count). The van der Waals surface area contributed by atoms with Crippen molar-refractivity contribution >= 4 is 33.0 Å². The highest BCUT2D eigenvalue weighted by atomic mass is 35.5. The predicted molar refractivity (Wildman–Crippen MR) is 91.2 cm³/mol. The molecule has 22 heavy (non-hydrogen) atoms. The van der Waals surface area contributed by atoms with Crippen LogP contribution >= 0.6 is 23.2 Å². The van der Waals surface area contributed by atoms with Crippen LogP contribution in [0.5, 0.6) is 0 Å². The molecule has 0 amide bonds.